The van der Waals surface area contributed by atoms with Gasteiger partial charge in [-0.1, -0.05) is 40.0 Å². The largest absolute Gasteiger partial charge is 0.304 e. The number of aromatic nitrogens is 2. The number of carbonyl (C=O) groups excluding carboxylic acids is 1. The van der Waals surface area contributed by atoms with E-state index in [0.717, 1.165) is 18.7 Å². The summed E-state index contributed by atoms with van der Waals surface area (Å²) in [6.45, 7) is 10.2. The molecule has 0 amide bonds. The highest BCUT2D eigenvalue weighted by atomic mass is 16.1. The van der Waals surface area contributed by atoms with Crippen LogP contribution in [0.15, 0.2) is 12.4 Å². The van der Waals surface area contributed by atoms with Crippen LogP contribution in [-0.2, 0) is 11.2 Å². The van der Waals surface area contributed by atoms with Crippen molar-refractivity contribution in [1.82, 2.24) is 14.7 Å². The standard InChI is InChI=1S/C16H27N3.C2H4O.C2H6/c1-2-14-12-17-19(13-14)16-8-10-18(11-9-16)15-6-4-3-5-7-15;1-2-3;1-2/h12-13,15-16H,2-11H2,1H3;2H,1H3;1-2H3. The van der Waals surface area contributed by atoms with Gasteiger partial charge in [0.1, 0.15) is 6.29 Å². The summed E-state index contributed by atoms with van der Waals surface area (Å²) < 4.78 is 2.22. The second kappa shape index (κ2) is 12.2. The molecule has 1 saturated heterocycles. The van der Waals surface area contributed by atoms with Gasteiger partial charge in [0, 0.05) is 25.3 Å². The summed E-state index contributed by atoms with van der Waals surface area (Å²) in [6.07, 6.45) is 15.9. The van der Waals surface area contributed by atoms with Gasteiger partial charge in [-0.2, -0.15) is 5.10 Å². The number of aryl methyl sites for hydroxylation is 1. The highest BCUT2D eigenvalue weighted by molar-refractivity contribution is 5.44. The van der Waals surface area contributed by atoms with Crippen LogP contribution in [0, 0.1) is 0 Å². The first kappa shape index (κ1) is 20.9. The number of carbonyl (C=O) groups is 1. The van der Waals surface area contributed by atoms with Gasteiger partial charge in [-0.15, -0.1) is 0 Å². The van der Waals surface area contributed by atoms with Crippen LogP contribution in [0.4, 0.5) is 0 Å². The number of hydrogen-bond acceptors (Lipinski definition) is 3. The zero-order chi connectivity index (χ0) is 17.8. The van der Waals surface area contributed by atoms with Crippen LogP contribution in [0.5, 0.6) is 0 Å². The highest BCUT2D eigenvalue weighted by Gasteiger charge is 2.26. The monoisotopic (exact) mass is 335 g/mol. The molecule has 0 atom stereocenters. The van der Waals surface area contributed by atoms with Crippen LogP contribution < -0.4 is 0 Å². The van der Waals surface area contributed by atoms with E-state index in [1.54, 1.807) is 0 Å². The van der Waals surface area contributed by atoms with Gasteiger partial charge in [0.25, 0.3) is 0 Å². The van der Waals surface area contributed by atoms with E-state index in [9.17, 15) is 0 Å². The van der Waals surface area contributed by atoms with Gasteiger partial charge < -0.3 is 9.69 Å². The fraction of sp³-hybridized carbons (Fsp3) is 0.800. The smallest absolute Gasteiger partial charge is 0.116 e. The maximum Gasteiger partial charge on any atom is 0.116 e. The second-order valence-electron chi connectivity index (χ2n) is 6.48. The third kappa shape index (κ3) is 6.39. The summed E-state index contributed by atoms with van der Waals surface area (Å²) >= 11 is 0. The summed E-state index contributed by atoms with van der Waals surface area (Å²) in [4.78, 5) is 11.6. The zero-order valence-electron chi connectivity index (χ0n) is 16.2. The van der Waals surface area contributed by atoms with Crippen LogP contribution >= 0.6 is 0 Å². The molecule has 1 aromatic rings. The fourth-order valence-corrected chi connectivity index (χ4v) is 3.72. The maximum atomic E-state index is 8.81. The molecule has 3 rings (SSSR count). The molecule has 1 aromatic heterocycles. The molecule has 0 spiro atoms. The van der Waals surface area contributed by atoms with Crippen LogP contribution in [0.2, 0.25) is 0 Å². The normalized spacial score (nSPS) is 19.7. The lowest BCUT2D eigenvalue weighted by Crippen LogP contribution is -2.42. The molecular weight excluding hydrogens is 298 g/mol. The molecule has 0 bridgehead atoms. The highest BCUT2D eigenvalue weighted by Crippen LogP contribution is 2.28. The van der Waals surface area contributed by atoms with E-state index in [2.05, 4.69) is 27.8 Å². The Balaban J connectivity index is 0.000000521. The first-order valence-corrected chi connectivity index (χ1v) is 9.95. The maximum absolute atomic E-state index is 8.81. The lowest BCUT2D eigenvalue weighted by molar-refractivity contribution is -0.106. The Kier molecular flexibility index (Phi) is 10.6. The number of nitrogens with zero attached hydrogens (tertiary/aromatic N) is 3. The Morgan fingerprint density at radius 1 is 1.08 bits per heavy atom. The number of piperidine rings is 1. The molecule has 1 aliphatic heterocycles. The van der Waals surface area contributed by atoms with Crippen LogP contribution in [-0.4, -0.2) is 40.1 Å². The van der Waals surface area contributed by atoms with E-state index in [1.165, 1.54) is 70.5 Å². The fourth-order valence-electron chi connectivity index (χ4n) is 3.72. The molecule has 0 aromatic carbocycles. The van der Waals surface area contributed by atoms with Crippen molar-refractivity contribution in [1.29, 1.82) is 0 Å². The molecule has 2 aliphatic rings. The average Bonchev–Trinajstić information content (AvgIpc) is 3.14. The topological polar surface area (TPSA) is 38.1 Å². The molecule has 1 saturated carbocycles. The predicted octanol–water partition coefficient (Wildman–Crippen LogP) is 4.65. The van der Waals surface area contributed by atoms with Crippen LogP contribution in [0.25, 0.3) is 0 Å². The van der Waals surface area contributed by atoms with Crippen LogP contribution in [0.1, 0.15) is 84.2 Å². The zero-order valence-corrected chi connectivity index (χ0v) is 16.2. The van der Waals surface area contributed by atoms with Gasteiger partial charge in [0.05, 0.1) is 12.2 Å². The summed E-state index contributed by atoms with van der Waals surface area (Å²) in [5, 5.41) is 4.55. The van der Waals surface area contributed by atoms with Crippen molar-refractivity contribution in [2.45, 2.75) is 91.1 Å². The third-order valence-corrected chi connectivity index (χ3v) is 5.03. The van der Waals surface area contributed by atoms with E-state index in [-0.39, 0.29) is 0 Å². The molecule has 4 nitrogen and oxygen atoms in total. The molecule has 2 heterocycles. The van der Waals surface area contributed by atoms with Gasteiger partial charge in [-0.05, 0) is 44.6 Å². The number of likely N-dealkylation sites (tertiary alicyclic amines) is 1. The minimum atomic E-state index is 0.639. The molecule has 138 valence electrons. The van der Waals surface area contributed by atoms with Crippen molar-refractivity contribution in [2.24, 2.45) is 0 Å². The molecule has 1 aliphatic carbocycles. The summed E-state index contributed by atoms with van der Waals surface area (Å²) in [5.41, 5.74) is 1.37. The Morgan fingerprint density at radius 3 is 2.17 bits per heavy atom. The minimum absolute atomic E-state index is 0.639. The van der Waals surface area contributed by atoms with E-state index in [0.29, 0.717) is 6.04 Å². The van der Waals surface area contributed by atoms with Crippen LogP contribution in [0.3, 0.4) is 0 Å². The van der Waals surface area contributed by atoms with Gasteiger partial charge >= 0.3 is 0 Å². The van der Waals surface area contributed by atoms with E-state index in [4.69, 9.17) is 4.79 Å². The first-order chi connectivity index (χ1) is 11.8. The summed E-state index contributed by atoms with van der Waals surface area (Å²) in [6, 6.07) is 1.53. The van der Waals surface area contributed by atoms with Crippen molar-refractivity contribution in [2.75, 3.05) is 13.1 Å². The van der Waals surface area contributed by atoms with Crippen molar-refractivity contribution in [3.8, 4) is 0 Å². The van der Waals surface area contributed by atoms with Gasteiger partial charge in [-0.25, -0.2) is 0 Å². The van der Waals surface area contributed by atoms with Crippen molar-refractivity contribution < 1.29 is 4.79 Å². The van der Waals surface area contributed by atoms with Crippen molar-refractivity contribution in [3.63, 3.8) is 0 Å². The first-order valence-electron chi connectivity index (χ1n) is 9.95. The van der Waals surface area contributed by atoms with Gasteiger partial charge in [-0.3, -0.25) is 4.68 Å². The second-order valence-corrected chi connectivity index (χ2v) is 6.48. The Bertz CT molecular complexity index is 430. The summed E-state index contributed by atoms with van der Waals surface area (Å²) in [5.74, 6) is 0. The Morgan fingerprint density at radius 2 is 1.67 bits per heavy atom. The molecule has 0 N–H and O–H groups in total. The molecule has 0 radical (unpaired) electrons. The van der Waals surface area contributed by atoms with E-state index < -0.39 is 0 Å². The SMILES string of the molecule is CC.CC=O.CCc1cnn(C2CCN(C3CCCCC3)CC2)c1. The van der Waals surface area contributed by atoms with E-state index in [1.807, 2.05) is 20.0 Å². The number of hydrogen-bond donors (Lipinski definition) is 0. The number of rotatable bonds is 3. The van der Waals surface area contributed by atoms with Gasteiger partial charge in [0.15, 0.2) is 0 Å². The molecule has 0 unspecified atom stereocenters. The Hall–Kier alpha value is -1.16. The summed E-state index contributed by atoms with van der Waals surface area (Å²) in [7, 11) is 0. The number of aldehydes is 1. The molecule has 24 heavy (non-hydrogen) atoms. The van der Waals surface area contributed by atoms with E-state index >= 15 is 0 Å². The van der Waals surface area contributed by atoms with Crippen molar-refractivity contribution in [3.05, 3.63) is 18.0 Å². The quantitative estimate of drug-likeness (QED) is 0.755. The average molecular weight is 336 g/mol. The molecule has 2 fully saturated rings. The molecule has 4 heteroatoms. The third-order valence-electron chi connectivity index (χ3n) is 5.03. The van der Waals surface area contributed by atoms with Gasteiger partial charge in [0.2, 0.25) is 0 Å². The lowest BCUT2D eigenvalue weighted by atomic mass is 9.92. The molecular formula is C20H37N3O. The lowest BCUT2D eigenvalue weighted by Gasteiger charge is -2.39. The Labute approximate surface area is 148 Å². The predicted molar refractivity (Wildman–Crippen MR) is 101 cm³/mol. The van der Waals surface area contributed by atoms with Crippen molar-refractivity contribution >= 4 is 6.29 Å². The minimum Gasteiger partial charge on any atom is -0.304 e.